The van der Waals surface area contributed by atoms with E-state index in [1.165, 1.54) is 12.1 Å². The van der Waals surface area contributed by atoms with Crippen molar-refractivity contribution < 1.29 is 19.0 Å². The molecule has 0 atom stereocenters. The first kappa shape index (κ1) is 8.99. The molecule has 1 N–H and O–H groups in total. The Labute approximate surface area is 80.1 Å². The van der Waals surface area contributed by atoms with Crippen LogP contribution in [-0.4, -0.2) is 17.2 Å². The summed E-state index contributed by atoms with van der Waals surface area (Å²) in [7, 11) is 0. The Morgan fingerprint density at radius 1 is 1.50 bits per heavy atom. The van der Waals surface area contributed by atoms with E-state index in [1.807, 2.05) is 0 Å². The van der Waals surface area contributed by atoms with Gasteiger partial charge in [0.05, 0.1) is 6.10 Å². The van der Waals surface area contributed by atoms with E-state index >= 15 is 0 Å². The summed E-state index contributed by atoms with van der Waals surface area (Å²) in [6, 6.07) is 4.04. The fraction of sp³-hybridized carbons (Fsp3) is 0.300. The third-order valence-electron chi connectivity index (χ3n) is 2.01. The lowest BCUT2D eigenvalue weighted by Gasteiger charge is -2.07. The van der Waals surface area contributed by atoms with Gasteiger partial charge < -0.3 is 9.84 Å². The van der Waals surface area contributed by atoms with Gasteiger partial charge in [-0.2, -0.15) is 0 Å². The zero-order chi connectivity index (χ0) is 10.1. The molecule has 1 aliphatic rings. The molecule has 1 aromatic rings. The van der Waals surface area contributed by atoms with Crippen molar-refractivity contribution in [3.63, 3.8) is 0 Å². The summed E-state index contributed by atoms with van der Waals surface area (Å²) in [6.07, 6.45) is 1.89. The first-order valence-electron chi connectivity index (χ1n) is 4.37. The molecular formula is C10H9FO3. The molecule has 0 aliphatic heterocycles. The summed E-state index contributed by atoms with van der Waals surface area (Å²) < 4.78 is 18.4. The predicted molar refractivity (Wildman–Crippen MR) is 47.0 cm³/mol. The van der Waals surface area contributed by atoms with Crippen LogP contribution in [0.5, 0.6) is 5.75 Å². The molecule has 0 heterocycles. The van der Waals surface area contributed by atoms with Crippen molar-refractivity contribution in [3.8, 4) is 5.75 Å². The molecule has 1 fully saturated rings. The maximum Gasteiger partial charge on any atom is 0.342 e. The van der Waals surface area contributed by atoms with Crippen LogP contribution in [0.15, 0.2) is 18.2 Å². The normalized spacial score (nSPS) is 15.2. The summed E-state index contributed by atoms with van der Waals surface area (Å²) in [5, 5.41) is 8.76. The van der Waals surface area contributed by atoms with Gasteiger partial charge in [0.15, 0.2) is 0 Å². The summed E-state index contributed by atoms with van der Waals surface area (Å²) in [5.74, 6) is -1.92. The molecule has 0 aromatic heterocycles. The van der Waals surface area contributed by atoms with Gasteiger partial charge >= 0.3 is 5.97 Å². The zero-order valence-corrected chi connectivity index (χ0v) is 7.37. The van der Waals surface area contributed by atoms with Crippen molar-refractivity contribution in [3.05, 3.63) is 29.6 Å². The molecule has 0 spiro atoms. The Kier molecular flexibility index (Phi) is 2.11. The summed E-state index contributed by atoms with van der Waals surface area (Å²) in [4.78, 5) is 10.7. The molecule has 3 nitrogen and oxygen atoms in total. The number of carboxylic acid groups (broad SMARTS) is 1. The van der Waals surface area contributed by atoms with Crippen LogP contribution < -0.4 is 4.74 Å². The highest BCUT2D eigenvalue weighted by Crippen LogP contribution is 2.30. The van der Waals surface area contributed by atoms with Gasteiger partial charge in [-0.05, 0) is 25.0 Å². The Morgan fingerprint density at radius 2 is 2.21 bits per heavy atom. The standard InChI is InChI=1S/C10H9FO3/c11-7-2-1-3-8(9(7)10(12)13)14-6-4-5-6/h1-3,6H,4-5H2,(H,12,13). The molecule has 0 amide bonds. The number of aromatic carboxylic acids is 1. The topological polar surface area (TPSA) is 46.5 Å². The van der Waals surface area contributed by atoms with E-state index in [-0.39, 0.29) is 17.4 Å². The smallest absolute Gasteiger partial charge is 0.342 e. The second kappa shape index (κ2) is 3.29. The molecular weight excluding hydrogens is 187 g/mol. The van der Waals surface area contributed by atoms with E-state index in [9.17, 15) is 9.18 Å². The molecule has 0 saturated heterocycles. The average Bonchev–Trinajstić information content (AvgIpc) is 2.87. The molecule has 4 heteroatoms. The third kappa shape index (κ3) is 1.69. The van der Waals surface area contributed by atoms with Gasteiger partial charge in [0.2, 0.25) is 0 Å². The van der Waals surface area contributed by atoms with Gasteiger partial charge in [0.1, 0.15) is 17.1 Å². The lowest BCUT2D eigenvalue weighted by Crippen LogP contribution is -2.06. The van der Waals surface area contributed by atoms with Crippen molar-refractivity contribution in [1.29, 1.82) is 0 Å². The van der Waals surface area contributed by atoms with Gasteiger partial charge in [-0.1, -0.05) is 6.07 Å². The highest BCUT2D eigenvalue weighted by atomic mass is 19.1. The number of benzene rings is 1. The van der Waals surface area contributed by atoms with E-state index in [1.54, 1.807) is 0 Å². The second-order valence-corrected chi connectivity index (χ2v) is 3.24. The fourth-order valence-corrected chi connectivity index (χ4v) is 1.18. The van der Waals surface area contributed by atoms with Gasteiger partial charge in [0.25, 0.3) is 0 Å². The lowest BCUT2D eigenvalue weighted by atomic mass is 10.2. The molecule has 74 valence electrons. The first-order chi connectivity index (χ1) is 6.68. The minimum atomic E-state index is -1.29. The summed E-state index contributed by atoms with van der Waals surface area (Å²) >= 11 is 0. The minimum Gasteiger partial charge on any atom is -0.489 e. The summed E-state index contributed by atoms with van der Waals surface area (Å²) in [6.45, 7) is 0. The van der Waals surface area contributed by atoms with E-state index in [4.69, 9.17) is 9.84 Å². The average molecular weight is 196 g/mol. The van der Waals surface area contributed by atoms with Gasteiger partial charge in [-0.15, -0.1) is 0 Å². The van der Waals surface area contributed by atoms with Gasteiger partial charge in [0, 0.05) is 0 Å². The first-order valence-corrected chi connectivity index (χ1v) is 4.37. The Bertz CT molecular complexity index is 372. The number of hydrogen-bond acceptors (Lipinski definition) is 2. The van der Waals surface area contributed by atoms with Crippen LogP contribution in [0, 0.1) is 5.82 Å². The number of rotatable bonds is 3. The molecule has 1 aliphatic carbocycles. The third-order valence-corrected chi connectivity index (χ3v) is 2.01. The second-order valence-electron chi connectivity index (χ2n) is 3.24. The largest absolute Gasteiger partial charge is 0.489 e. The number of carbonyl (C=O) groups is 1. The van der Waals surface area contributed by atoms with Crippen molar-refractivity contribution in [2.24, 2.45) is 0 Å². The van der Waals surface area contributed by atoms with E-state index in [2.05, 4.69) is 0 Å². The van der Waals surface area contributed by atoms with Crippen LogP contribution in [0.3, 0.4) is 0 Å². The molecule has 2 rings (SSSR count). The van der Waals surface area contributed by atoms with E-state index in [0.717, 1.165) is 18.9 Å². The number of ether oxygens (including phenoxy) is 1. The lowest BCUT2D eigenvalue weighted by molar-refractivity contribution is 0.0686. The fourth-order valence-electron chi connectivity index (χ4n) is 1.18. The van der Waals surface area contributed by atoms with Crippen LogP contribution in [0.25, 0.3) is 0 Å². The van der Waals surface area contributed by atoms with E-state index in [0.29, 0.717) is 0 Å². The van der Waals surface area contributed by atoms with Gasteiger partial charge in [-0.3, -0.25) is 0 Å². The van der Waals surface area contributed by atoms with E-state index < -0.39 is 11.8 Å². The number of carboxylic acids is 1. The number of halogens is 1. The maximum atomic E-state index is 13.1. The molecule has 0 bridgehead atoms. The van der Waals surface area contributed by atoms with Crippen molar-refractivity contribution in [1.82, 2.24) is 0 Å². The van der Waals surface area contributed by atoms with Crippen molar-refractivity contribution in [2.45, 2.75) is 18.9 Å². The summed E-state index contributed by atoms with van der Waals surface area (Å²) in [5.41, 5.74) is -0.376. The van der Waals surface area contributed by atoms with Crippen LogP contribution in [0.2, 0.25) is 0 Å². The Balaban J connectivity index is 2.35. The zero-order valence-electron chi connectivity index (χ0n) is 7.37. The molecule has 14 heavy (non-hydrogen) atoms. The Morgan fingerprint density at radius 3 is 2.79 bits per heavy atom. The number of hydrogen-bond donors (Lipinski definition) is 1. The van der Waals surface area contributed by atoms with Crippen molar-refractivity contribution in [2.75, 3.05) is 0 Å². The quantitative estimate of drug-likeness (QED) is 0.804. The van der Waals surface area contributed by atoms with Gasteiger partial charge in [-0.25, -0.2) is 9.18 Å². The van der Waals surface area contributed by atoms with Crippen LogP contribution in [0.4, 0.5) is 4.39 Å². The molecule has 1 aromatic carbocycles. The Hall–Kier alpha value is -1.58. The molecule has 0 radical (unpaired) electrons. The minimum absolute atomic E-state index is 0.0647. The monoisotopic (exact) mass is 196 g/mol. The van der Waals surface area contributed by atoms with Crippen LogP contribution in [-0.2, 0) is 0 Å². The highest BCUT2D eigenvalue weighted by Gasteiger charge is 2.26. The van der Waals surface area contributed by atoms with Crippen LogP contribution in [0.1, 0.15) is 23.2 Å². The molecule has 1 saturated carbocycles. The highest BCUT2D eigenvalue weighted by molar-refractivity contribution is 5.91. The maximum absolute atomic E-state index is 13.1. The van der Waals surface area contributed by atoms with Crippen LogP contribution >= 0.6 is 0 Å². The SMILES string of the molecule is O=C(O)c1c(F)cccc1OC1CC1. The predicted octanol–water partition coefficient (Wildman–Crippen LogP) is 2.07. The van der Waals surface area contributed by atoms with Crippen molar-refractivity contribution >= 4 is 5.97 Å². The molecule has 0 unspecified atom stereocenters.